The number of piperazine rings is 1. The summed E-state index contributed by atoms with van der Waals surface area (Å²) in [5, 5.41) is 21.0. The number of halogens is 6. The van der Waals surface area contributed by atoms with Gasteiger partial charge in [0.25, 0.3) is 0 Å². The summed E-state index contributed by atoms with van der Waals surface area (Å²) in [6.45, 7) is 15.7. The van der Waals surface area contributed by atoms with E-state index in [1.165, 1.54) is 12.1 Å². The van der Waals surface area contributed by atoms with Crippen LogP contribution in [0.15, 0.2) is 113 Å². The average molecular weight is 961 g/mol. The second-order valence-corrected chi connectivity index (χ2v) is 16.5. The zero-order valence-corrected chi connectivity index (χ0v) is 38.6. The molecule has 0 aromatic heterocycles. The minimum atomic E-state index is -4.33. The molecule has 1 fully saturated rings. The molecule has 4 aromatic carbocycles. The lowest BCUT2D eigenvalue weighted by Crippen LogP contribution is -2.57. The van der Waals surface area contributed by atoms with Crippen molar-refractivity contribution in [1.29, 1.82) is 5.41 Å². The number of para-hydroxylation sites is 1. The number of quaternary nitrogens is 1. The van der Waals surface area contributed by atoms with E-state index < -0.39 is 23.1 Å². The molecule has 0 amide bonds. The number of anilines is 2. The molecule has 1 saturated heterocycles. The Hall–Kier alpha value is -2.52. The van der Waals surface area contributed by atoms with E-state index >= 15 is 0 Å². The molecular formula is C44H59Cl2F3IN5OS. The second kappa shape index (κ2) is 22.2. The van der Waals surface area contributed by atoms with Gasteiger partial charge in [-0.25, -0.2) is 0 Å². The average Bonchev–Trinajstić information content (AvgIpc) is 3.15. The lowest BCUT2D eigenvalue weighted by molar-refractivity contribution is -0.949. The first-order chi connectivity index (χ1) is 25.7. The Kier molecular flexibility index (Phi) is 19.7. The third kappa shape index (κ3) is 12.0. The van der Waals surface area contributed by atoms with Crippen molar-refractivity contribution in [2.45, 2.75) is 74.0 Å². The standard InChI is InChI=1S/C23H32N2O.C21H24F3N3S.2ClH.HI/c1-18(2)25(5,19(3)4)17-16-23(22(24)26,20-12-8-6-9-13-20)21-14-10-7-11-15-21;1-25-11-13-26(14-12-25)9-4-10-27-17-5-2-3-6-19(17)28-20-8-7-16(15-18(20)27)21(22,23)24;;;/h6-15,18-19H,16-17H2,1-5H3,(H-,24,26);2-3,5-8,15H,4,9-14H2,1H3;3*1H. The van der Waals surface area contributed by atoms with Gasteiger partial charge in [0, 0.05) is 48.9 Å². The number of nitrogens with one attached hydrogen (secondary N) is 1. The van der Waals surface area contributed by atoms with Crippen LogP contribution in [0.25, 0.3) is 0 Å². The van der Waals surface area contributed by atoms with Gasteiger partial charge in [-0.1, -0.05) is 84.6 Å². The highest BCUT2D eigenvalue weighted by atomic mass is 127. The Morgan fingerprint density at radius 2 is 1.25 bits per heavy atom. The Labute approximate surface area is 372 Å². The summed E-state index contributed by atoms with van der Waals surface area (Å²) in [4.78, 5) is 8.80. The van der Waals surface area contributed by atoms with Gasteiger partial charge in [0.1, 0.15) is 0 Å². The lowest BCUT2D eigenvalue weighted by Gasteiger charge is -2.46. The monoisotopic (exact) mass is 959 g/mol. The van der Waals surface area contributed by atoms with E-state index in [0.29, 0.717) is 30.7 Å². The fraction of sp³-hybridized carbons (Fsp3) is 0.432. The van der Waals surface area contributed by atoms with Gasteiger partial charge in [0.05, 0.1) is 48.0 Å². The fourth-order valence-corrected chi connectivity index (χ4v) is 8.64. The van der Waals surface area contributed by atoms with E-state index in [-0.39, 0.29) is 48.8 Å². The van der Waals surface area contributed by atoms with Crippen LogP contribution >= 0.6 is 60.6 Å². The molecular weight excluding hydrogens is 901 g/mol. The molecule has 4 aromatic rings. The molecule has 13 heteroatoms. The molecule has 2 aliphatic heterocycles. The molecule has 0 radical (unpaired) electrons. The summed E-state index contributed by atoms with van der Waals surface area (Å²) in [5.74, 6) is -0.533. The number of fused-ring (bicyclic) bond motifs is 2. The summed E-state index contributed by atoms with van der Waals surface area (Å²) in [5.41, 5.74) is 1.96. The molecule has 2 aliphatic rings. The SMILES string of the molecule is CC(C)[N+](C)(CCC(C(=N)[O-])(c1ccccc1)c1ccccc1)C(C)C.CN1CCN(CCCN2c3ccccc3Sc3ccc(C(F)(F)F)cc32)CC1.Cl.Cl.I. The number of benzene rings is 4. The van der Waals surface area contributed by atoms with Crippen LogP contribution in [0.3, 0.4) is 0 Å². The third-order valence-electron chi connectivity index (χ3n) is 11.7. The molecule has 0 saturated carbocycles. The molecule has 314 valence electrons. The first-order valence-electron chi connectivity index (χ1n) is 19.1. The number of alkyl halides is 3. The predicted molar refractivity (Wildman–Crippen MR) is 245 cm³/mol. The van der Waals surface area contributed by atoms with E-state index in [1.54, 1.807) is 17.8 Å². The topological polar surface area (TPSA) is 56.6 Å². The highest BCUT2D eigenvalue weighted by Gasteiger charge is 2.39. The summed E-state index contributed by atoms with van der Waals surface area (Å²) >= 11 is 1.54. The van der Waals surface area contributed by atoms with Gasteiger partial charge in [-0.3, -0.25) is 0 Å². The molecule has 0 spiro atoms. The maximum Gasteiger partial charge on any atom is 0.416 e. The quantitative estimate of drug-likeness (QED) is 0.0664. The first-order valence-corrected chi connectivity index (χ1v) is 19.9. The molecule has 57 heavy (non-hydrogen) atoms. The van der Waals surface area contributed by atoms with Crippen LogP contribution in [0.5, 0.6) is 0 Å². The highest BCUT2D eigenvalue weighted by molar-refractivity contribution is 14.0. The van der Waals surface area contributed by atoms with Gasteiger partial charge >= 0.3 is 6.18 Å². The fourth-order valence-electron chi connectivity index (χ4n) is 7.57. The van der Waals surface area contributed by atoms with Crippen molar-refractivity contribution in [3.63, 3.8) is 0 Å². The molecule has 1 N–H and O–H groups in total. The van der Waals surface area contributed by atoms with Crippen molar-refractivity contribution in [1.82, 2.24) is 9.80 Å². The van der Waals surface area contributed by atoms with Crippen LogP contribution in [0.4, 0.5) is 24.5 Å². The largest absolute Gasteiger partial charge is 0.861 e. The summed E-state index contributed by atoms with van der Waals surface area (Å²) in [6.07, 6.45) is -2.79. The van der Waals surface area contributed by atoms with E-state index in [2.05, 4.69) is 56.5 Å². The number of hydrogen-bond acceptors (Lipinski definition) is 6. The van der Waals surface area contributed by atoms with Gasteiger partial charge in [-0.2, -0.15) is 13.2 Å². The number of nitrogens with zero attached hydrogens (tertiary/aromatic N) is 4. The summed E-state index contributed by atoms with van der Waals surface area (Å²) in [6, 6.07) is 32.6. The minimum Gasteiger partial charge on any atom is -0.861 e. The van der Waals surface area contributed by atoms with Crippen molar-refractivity contribution in [2.75, 3.05) is 64.8 Å². The number of hydrogen-bond donors (Lipinski definition) is 1. The molecule has 6 nitrogen and oxygen atoms in total. The summed E-state index contributed by atoms with van der Waals surface area (Å²) < 4.78 is 40.7. The predicted octanol–water partition coefficient (Wildman–Crippen LogP) is 10.4. The number of rotatable bonds is 12. The van der Waals surface area contributed by atoms with Crippen LogP contribution in [0, 0.1) is 5.41 Å². The van der Waals surface area contributed by atoms with E-state index in [1.807, 2.05) is 84.9 Å². The smallest absolute Gasteiger partial charge is 0.416 e. The van der Waals surface area contributed by atoms with Crippen molar-refractivity contribution in [3.05, 3.63) is 120 Å². The van der Waals surface area contributed by atoms with Crippen molar-refractivity contribution >= 4 is 77.8 Å². The number of likely N-dealkylation sites (N-methyl/N-ethyl adjacent to an activating group) is 1. The van der Waals surface area contributed by atoms with Gasteiger partial charge in [-0.05, 0) is 95.1 Å². The van der Waals surface area contributed by atoms with Crippen LogP contribution in [0.2, 0.25) is 0 Å². The zero-order valence-electron chi connectivity index (χ0n) is 33.8. The van der Waals surface area contributed by atoms with Crippen molar-refractivity contribution in [3.8, 4) is 0 Å². The Bertz CT molecular complexity index is 1780. The molecule has 6 rings (SSSR count). The van der Waals surface area contributed by atoms with Gasteiger partial charge in [-0.15, -0.1) is 48.8 Å². The zero-order chi connectivity index (χ0) is 39.1. The van der Waals surface area contributed by atoms with Gasteiger partial charge in [0.15, 0.2) is 0 Å². The Balaban J connectivity index is 0.000000375. The van der Waals surface area contributed by atoms with Crippen LogP contribution in [-0.2, 0) is 11.6 Å². The van der Waals surface area contributed by atoms with Crippen LogP contribution in [-0.4, -0.2) is 92.2 Å². The van der Waals surface area contributed by atoms with Crippen LogP contribution in [0.1, 0.15) is 57.2 Å². The maximum absolute atomic E-state index is 13.3. The van der Waals surface area contributed by atoms with Gasteiger partial charge in [0.2, 0.25) is 0 Å². The molecule has 0 aliphatic carbocycles. The Morgan fingerprint density at radius 1 is 0.737 bits per heavy atom. The third-order valence-corrected chi connectivity index (χ3v) is 12.8. The molecule has 0 bridgehead atoms. The van der Waals surface area contributed by atoms with E-state index in [9.17, 15) is 18.3 Å². The van der Waals surface area contributed by atoms with Crippen molar-refractivity contribution < 1.29 is 22.8 Å². The second-order valence-electron chi connectivity index (χ2n) is 15.4. The maximum atomic E-state index is 13.3. The van der Waals surface area contributed by atoms with E-state index in [0.717, 1.165) is 76.8 Å². The lowest BCUT2D eigenvalue weighted by atomic mass is 9.71. The van der Waals surface area contributed by atoms with Gasteiger partial charge < -0.3 is 29.7 Å². The first kappa shape index (κ1) is 50.6. The summed E-state index contributed by atoms with van der Waals surface area (Å²) in [7, 11) is 4.39. The highest BCUT2D eigenvalue weighted by Crippen LogP contribution is 2.49. The molecule has 0 unspecified atom stereocenters. The normalized spacial score (nSPS) is 14.6. The molecule has 0 atom stereocenters. The molecule has 2 heterocycles. The Morgan fingerprint density at radius 3 is 1.75 bits per heavy atom. The van der Waals surface area contributed by atoms with Crippen LogP contribution < -0.4 is 10.0 Å². The van der Waals surface area contributed by atoms with E-state index in [4.69, 9.17) is 5.41 Å². The minimum absolute atomic E-state index is 0. The van der Waals surface area contributed by atoms with Crippen molar-refractivity contribution in [2.24, 2.45) is 0 Å².